The molecule has 0 aliphatic heterocycles. The Morgan fingerprint density at radius 1 is 0.824 bits per heavy atom. The van der Waals surface area contributed by atoms with Gasteiger partial charge in [-0.2, -0.15) is 0 Å². The Morgan fingerprint density at radius 2 is 1.29 bits per heavy atom. The van der Waals surface area contributed by atoms with Crippen molar-refractivity contribution >= 4 is 31.5 Å². The van der Waals surface area contributed by atoms with Gasteiger partial charge >= 0.3 is 0 Å². The van der Waals surface area contributed by atoms with Gasteiger partial charge in [-0.1, -0.05) is 12.1 Å². The molecule has 0 saturated carbocycles. The van der Waals surface area contributed by atoms with Gasteiger partial charge in [-0.25, -0.2) is 0 Å². The maximum absolute atomic E-state index is 12.3. The molecular formula is C15H12OS. The van der Waals surface area contributed by atoms with Gasteiger partial charge in [-0.3, -0.25) is 4.79 Å². The molecule has 1 nitrogen and oxygen atoms in total. The smallest absolute Gasteiger partial charge is 0.195 e. The fraction of sp³-hybridized carbons (Fsp3) is 0.133. The Balaban J connectivity index is 2.57. The number of hydrogen-bond donors (Lipinski definition) is 0. The van der Waals surface area contributed by atoms with Crippen molar-refractivity contribution in [3.63, 3.8) is 0 Å². The quantitative estimate of drug-likeness (QED) is 0.542. The second-order valence-electron chi connectivity index (χ2n) is 4.43. The third-order valence-corrected chi connectivity index (χ3v) is 4.10. The molecular weight excluding hydrogens is 228 g/mol. The molecule has 0 atom stereocenters. The van der Waals surface area contributed by atoms with Crippen LogP contribution in [0.1, 0.15) is 11.1 Å². The Morgan fingerprint density at radius 3 is 1.76 bits per heavy atom. The van der Waals surface area contributed by atoms with Crippen LogP contribution in [0.5, 0.6) is 0 Å². The van der Waals surface area contributed by atoms with Crippen LogP contribution in [-0.4, -0.2) is 0 Å². The van der Waals surface area contributed by atoms with E-state index in [0.29, 0.717) is 0 Å². The van der Waals surface area contributed by atoms with Crippen LogP contribution >= 0.6 is 11.3 Å². The second kappa shape index (κ2) is 3.67. The van der Waals surface area contributed by atoms with Crippen molar-refractivity contribution in [2.75, 3.05) is 0 Å². The summed E-state index contributed by atoms with van der Waals surface area (Å²) in [5.41, 5.74) is 2.54. The molecule has 0 bridgehead atoms. The summed E-state index contributed by atoms with van der Waals surface area (Å²) in [6.45, 7) is 4.11. The van der Waals surface area contributed by atoms with Gasteiger partial charge in [0.1, 0.15) is 0 Å². The van der Waals surface area contributed by atoms with Gasteiger partial charge in [0.25, 0.3) is 0 Å². The lowest BCUT2D eigenvalue weighted by Crippen LogP contribution is -2.00. The zero-order valence-electron chi connectivity index (χ0n) is 9.78. The van der Waals surface area contributed by atoms with E-state index in [2.05, 4.69) is 26.0 Å². The molecule has 0 radical (unpaired) electrons. The fourth-order valence-electron chi connectivity index (χ4n) is 2.07. The summed E-state index contributed by atoms with van der Waals surface area (Å²) < 4.78 is 2.15. The van der Waals surface area contributed by atoms with Crippen molar-refractivity contribution < 1.29 is 0 Å². The average molecular weight is 240 g/mol. The standard InChI is InChI=1S/C15H12OS/c1-9-3-5-11-13(7-9)17-14-8-10(2)4-6-12(14)15(11)16/h3-8H,1-2H3. The van der Waals surface area contributed by atoms with Gasteiger partial charge in [-0.05, 0) is 49.2 Å². The molecule has 0 fully saturated rings. The van der Waals surface area contributed by atoms with Crippen molar-refractivity contribution in [1.82, 2.24) is 0 Å². The zero-order valence-corrected chi connectivity index (χ0v) is 10.6. The predicted molar refractivity (Wildman–Crippen MR) is 75.1 cm³/mol. The first kappa shape index (κ1) is 10.5. The van der Waals surface area contributed by atoms with Crippen LogP contribution in [0.25, 0.3) is 20.2 Å². The Labute approximate surface area is 103 Å². The van der Waals surface area contributed by atoms with Crippen LogP contribution in [0.3, 0.4) is 0 Å². The monoisotopic (exact) mass is 240 g/mol. The van der Waals surface area contributed by atoms with E-state index in [0.717, 1.165) is 20.2 Å². The maximum Gasteiger partial charge on any atom is 0.195 e. The molecule has 0 amide bonds. The summed E-state index contributed by atoms with van der Waals surface area (Å²) in [4.78, 5) is 12.3. The normalized spacial score (nSPS) is 11.2. The highest BCUT2D eigenvalue weighted by molar-refractivity contribution is 7.24. The van der Waals surface area contributed by atoms with Crippen molar-refractivity contribution in [3.8, 4) is 0 Å². The van der Waals surface area contributed by atoms with Crippen LogP contribution in [0, 0.1) is 13.8 Å². The Hall–Kier alpha value is -1.67. The first-order chi connectivity index (χ1) is 8.15. The van der Waals surface area contributed by atoms with E-state index < -0.39 is 0 Å². The Bertz CT molecular complexity index is 721. The number of rotatable bonds is 0. The van der Waals surface area contributed by atoms with Crippen molar-refractivity contribution in [2.45, 2.75) is 13.8 Å². The maximum atomic E-state index is 12.3. The van der Waals surface area contributed by atoms with E-state index in [1.165, 1.54) is 11.1 Å². The summed E-state index contributed by atoms with van der Waals surface area (Å²) in [6.07, 6.45) is 0. The molecule has 3 aromatic rings. The number of hydrogen-bond acceptors (Lipinski definition) is 2. The van der Waals surface area contributed by atoms with Gasteiger partial charge < -0.3 is 0 Å². The summed E-state index contributed by atoms with van der Waals surface area (Å²) in [6, 6.07) is 12.0. The fourth-order valence-corrected chi connectivity index (χ4v) is 3.33. The summed E-state index contributed by atoms with van der Waals surface area (Å²) in [5, 5.41) is 1.66. The van der Waals surface area contributed by atoms with E-state index in [-0.39, 0.29) is 5.43 Å². The minimum absolute atomic E-state index is 0.147. The molecule has 0 unspecified atom stereocenters. The van der Waals surface area contributed by atoms with Crippen LogP contribution in [0.2, 0.25) is 0 Å². The summed E-state index contributed by atoms with van der Waals surface area (Å²) in [7, 11) is 0. The Kier molecular flexibility index (Phi) is 2.26. The highest BCUT2D eigenvalue weighted by Crippen LogP contribution is 2.25. The molecule has 3 rings (SSSR count). The molecule has 2 heteroatoms. The molecule has 1 heterocycles. The number of fused-ring (bicyclic) bond motifs is 2. The van der Waals surface area contributed by atoms with Crippen LogP contribution in [0.4, 0.5) is 0 Å². The minimum Gasteiger partial charge on any atom is -0.289 e. The van der Waals surface area contributed by atoms with Crippen LogP contribution < -0.4 is 5.43 Å². The number of benzene rings is 2. The van der Waals surface area contributed by atoms with Gasteiger partial charge in [-0.15, -0.1) is 11.3 Å². The molecule has 0 saturated heterocycles. The molecule has 1 aromatic heterocycles. The highest BCUT2D eigenvalue weighted by atomic mass is 32.1. The third-order valence-electron chi connectivity index (χ3n) is 2.98. The lowest BCUT2D eigenvalue weighted by atomic mass is 10.1. The average Bonchev–Trinajstić information content (AvgIpc) is 2.28. The highest BCUT2D eigenvalue weighted by Gasteiger charge is 2.05. The van der Waals surface area contributed by atoms with Crippen molar-refractivity contribution in [3.05, 3.63) is 57.7 Å². The van der Waals surface area contributed by atoms with Gasteiger partial charge in [0.2, 0.25) is 0 Å². The molecule has 0 aliphatic carbocycles. The van der Waals surface area contributed by atoms with Crippen molar-refractivity contribution in [1.29, 1.82) is 0 Å². The largest absolute Gasteiger partial charge is 0.289 e. The molecule has 2 aromatic carbocycles. The lowest BCUT2D eigenvalue weighted by Gasteiger charge is -2.02. The van der Waals surface area contributed by atoms with Crippen LogP contribution in [0.15, 0.2) is 41.2 Å². The van der Waals surface area contributed by atoms with E-state index in [1.54, 1.807) is 11.3 Å². The topological polar surface area (TPSA) is 17.1 Å². The first-order valence-corrected chi connectivity index (χ1v) is 6.40. The molecule has 0 N–H and O–H groups in total. The minimum atomic E-state index is 0.147. The summed E-state index contributed by atoms with van der Waals surface area (Å²) in [5.74, 6) is 0. The molecule has 0 aliphatic rings. The third kappa shape index (κ3) is 1.65. The molecule has 0 spiro atoms. The van der Waals surface area contributed by atoms with E-state index in [1.807, 2.05) is 24.3 Å². The molecule has 17 heavy (non-hydrogen) atoms. The predicted octanol–water partition coefficient (Wildman–Crippen LogP) is 4.03. The van der Waals surface area contributed by atoms with Crippen molar-refractivity contribution in [2.24, 2.45) is 0 Å². The van der Waals surface area contributed by atoms with Gasteiger partial charge in [0.15, 0.2) is 5.43 Å². The van der Waals surface area contributed by atoms with Crippen LogP contribution in [-0.2, 0) is 0 Å². The summed E-state index contributed by atoms with van der Waals surface area (Å²) >= 11 is 1.69. The second-order valence-corrected chi connectivity index (χ2v) is 5.51. The lowest BCUT2D eigenvalue weighted by molar-refractivity contribution is 1.50. The van der Waals surface area contributed by atoms with E-state index >= 15 is 0 Å². The van der Waals surface area contributed by atoms with Gasteiger partial charge in [0.05, 0.1) is 0 Å². The number of aryl methyl sites for hydroxylation is 2. The van der Waals surface area contributed by atoms with E-state index in [9.17, 15) is 4.79 Å². The SMILES string of the molecule is Cc1ccc2c(=O)c3ccc(C)cc3sc2c1. The molecule has 84 valence electrons. The van der Waals surface area contributed by atoms with E-state index in [4.69, 9.17) is 0 Å². The first-order valence-electron chi connectivity index (χ1n) is 5.59. The zero-order chi connectivity index (χ0) is 12.0. The van der Waals surface area contributed by atoms with Gasteiger partial charge in [0, 0.05) is 20.2 Å².